The monoisotopic (exact) mass is 378 g/mol. The molecule has 3 aromatic carbocycles. The fourth-order valence-electron chi connectivity index (χ4n) is 2.73. The van der Waals surface area contributed by atoms with Gasteiger partial charge in [0.05, 0.1) is 23.6 Å². The van der Waals surface area contributed by atoms with Gasteiger partial charge < -0.3 is 14.6 Å². The molecule has 4 rings (SSSR count). The molecule has 0 bridgehead atoms. The van der Waals surface area contributed by atoms with Crippen LogP contribution in [0.25, 0.3) is 22.3 Å². The maximum Gasteiger partial charge on any atom is 0.230 e. The average molecular weight is 379 g/mol. The smallest absolute Gasteiger partial charge is 0.230 e. The highest BCUT2D eigenvalue weighted by Gasteiger charge is 2.16. The Hall–Kier alpha value is -3.31. The van der Waals surface area contributed by atoms with Crippen molar-refractivity contribution in [2.75, 3.05) is 7.11 Å². The van der Waals surface area contributed by atoms with Gasteiger partial charge in [0.1, 0.15) is 5.75 Å². The summed E-state index contributed by atoms with van der Waals surface area (Å²) >= 11 is 5.94. The quantitative estimate of drug-likeness (QED) is 0.511. The zero-order valence-corrected chi connectivity index (χ0v) is 15.1. The Balaban J connectivity index is 1.87. The molecule has 0 unspecified atom stereocenters. The largest absolute Gasteiger partial charge is 0.504 e. The molecular formula is C21H15ClN2O3. The fourth-order valence-corrected chi connectivity index (χ4v) is 2.85. The van der Waals surface area contributed by atoms with E-state index < -0.39 is 0 Å². The number of phenols is 1. The lowest BCUT2D eigenvalue weighted by molar-refractivity contribution is 0.374. The molecule has 0 saturated carbocycles. The molecule has 0 spiro atoms. The van der Waals surface area contributed by atoms with E-state index in [4.69, 9.17) is 21.1 Å². The van der Waals surface area contributed by atoms with Crippen LogP contribution in [-0.2, 0) is 0 Å². The van der Waals surface area contributed by atoms with Crippen LogP contribution in [0.5, 0.6) is 23.1 Å². The maximum absolute atomic E-state index is 10.5. The zero-order chi connectivity index (χ0) is 18.8. The van der Waals surface area contributed by atoms with E-state index in [1.807, 2.05) is 24.3 Å². The lowest BCUT2D eigenvalue weighted by Gasteiger charge is -2.12. The van der Waals surface area contributed by atoms with Crippen molar-refractivity contribution in [3.8, 4) is 34.5 Å². The predicted molar refractivity (Wildman–Crippen MR) is 105 cm³/mol. The second kappa shape index (κ2) is 7.13. The standard InChI is InChI=1S/C21H15ClN2O3/c1-26-18-8-4-6-16(19(18)25)20-23-17-7-3-2-5-15(17)21(24-20)27-14-11-9-13(22)10-12-14/h2-12,25H,1H3. The van der Waals surface area contributed by atoms with Crippen LogP contribution in [-0.4, -0.2) is 22.2 Å². The number of rotatable bonds is 4. The van der Waals surface area contributed by atoms with Crippen molar-refractivity contribution >= 4 is 22.5 Å². The molecule has 4 aromatic rings. The summed E-state index contributed by atoms with van der Waals surface area (Å²) in [5.41, 5.74) is 1.16. The third-order valence-electron chi connectivity index (χ3n) is 4.06. The van der Waals surface area contributed by atoms with Crippen LogP contribution in [0.3, 0.4) is 0 Å². The molecule has 27 heavy (non-hydrogen) atoms. The van der Waals surface area contributed by atoms with Gasteiger partial charge in [-0.15, -0.1) is 0 Å². The minimum absolute atomic E-state index is 0.0206. The van der Waals surface area contributed by atoms with Crippen LogP contribution >= 0.6 is 11.6 Å². The van der Waals surface area contributed by atoms with Crippen LogP contribution in [0.4, 0.5) is 0 Å². The Kier molecular flexibility index (Phi) is 4.52. The Labute approximate surface area is 160 Å². The van der Waals surface area contributed by atoms with E-state index in [1.54, 1.807) is 42.5 Å². The van der Waals surface area contributed by atoms with Crippen molar-refractivity contribution < 1.29 is 14.6 Å². The second-order valence-corrected chi connectivity index (χ2v) is 6.22. The summed E-state index contributed by atoms with van der Waals surface area (Å²) in [6.45, 7) is 0. The summed E-state index contributed by atoms with van der Waals surface area (Å²) in [6.07, 6.45) is 0. The maximum atomic E-state index is 10.5. The van der Waals surface area contributed by atoms with Crippen LogP contribution in [0.2, 0.25) is 5.02 Å². The number of nitrogens with zero attached hydrogens (tertiary/aromatic N) is 2. The molecule has 5 nitrogen and oxygen atoms in total. The molecule has 0 amide bonds. The number of fused-ring (bicyclic) bond motifs is 1. The molecule has 0 saturated heterocycles. The average Bonchev–Trinajstić information content (AvgIpc) is 2.70. The SMILES string of the molecule is COc1cccc(-c2nc(Oc3ccc(Cl)cc3)c3ccccc3n2)c1O. The van der Waals surface area contributed by atoms with Gasteiger partial charge in [0.2, 0.25) is 5.88 Å². The zero-order valence-electron chi connectivity index (χ0n) is 14.4. The molecule has 0 aliphatic rings. The molecule has 1 heterocycles. The molecule has 0 aliphatic carbocycles. The van der Waals surface area contributed by atoms with E-state index in [1.165, 1.54) is 7.11 Å². The minimum Gasteiger partial charge on any atom is -0.504 e. The van der Waals surface area contributed by atoms with Crippen LogP contribution in [0.1, 0.15) is 0 Å². The minimum atomic E-state index is -0.0206. The third-order valence-corrected chi connectivity index (χ3v) is 4.31. The van der Waals surface area contributed by atoms with E-state index in [-0.39, 0.29) is 5.75 Å². The van der Waals surface area contributed by atoms with Gasteiger partial charge in [-0.05, 0) is 48.5 Å². The summed E-state index contributed by atoms with van der Waals surface area (Å²) < 4.78 is 11.2. The number of para-hydroxylation sites is 2. The number of phenolic OH excluding ortho intramolecular Hbond substituents is 1. The van der Waals surface area contributed by atoms with Gasteiger partial charge in [-0.25, -0.2) is 4.98 Å². The van der Waals surface area contributed by atoms with Crippen molar-refractivity contribution in [1.82, 2.24) is 9.97 Å². The summed E-state index contributed by atoms with van der Waals surface area (Å²) in [5, 5.41) is 11.8. The summed E-state index contributed by atoms with van der Waals surface area (Å²) in [7, 11) is 1.50. The van der Waals surface area contributed by atoms with Gasteiger partial charge in [-0.3, -0.25) is 0 Å². The van der Waals surface area contributed by atoms with E-state index in [9.17, 15) is 5.11 Å². The van der Waals surface area contributed by atoms with Gasteiger partial charge in [-0.2, -0.15) is 4.98 Å². The Morgan fingerprint density at radius 3 is 2.44 bits per heavy atom. The molecule has 1 N–H and O–H groups in total. The van der Waals surface area contributed by atoms with Gasteiger partial charge >= 0.3 is 0 Å². The van der Waals surface area contributed by atoms with Crippen molar-refractivity contribution in [3.63, 3.8) is 0 Å². The lowest BCUT2D eigenvalue weighted by atomic mass is 10.1. The molecule has 0 atom stereocenters. The van der Waals surface area contributed by atoms with E-state index in [0.717, 1.165) is 5.39 Å². The highest BCUT2D eigenvalue weighted by molar-refractivity contribution is 6.30. The molecular weight excluding hydrogens is 364 g/mol. The second-order valence-electron chi connectivity index (χ2n) is 5.78. The van der Waals surface area contributed by atoms with Crippen LogP contribution in [0, 0.1) is 0 Å². The lowest BCUT2D eigenvalue weighted by Crippen LogP contribution is -1.97. The number of aromatic nitrogens is 2. The Morgan fingerprint density at radius 1 is 0.889 bits per heavy atom. The molecule has 6 heteroatoms. The third kappa shape index (κ3) is 3.37. The van der Waals surface area contributed by atoms with Crippen molar-refractivity contribution in [2.45, 2.75) is 0 Å². The first-order chi connectivity index (χ1) is 13.2. The van der Waals surface area contributed by atoms with Crippen LogP contribution < -0.4 is 9.47 Å². The van der Waals surface area contributed by atoms with Crippen LogP contribution in [0.15, 0.2) is 66.7 Å². The number of halogens is 1. The van der Waals surface area contributed by atoms with Gasteiger partial charge in [-0.1, -0.05) is 29.8 Å². The Morgan fingerprint density at radius 2 is 1.67 bits per heavy atom. The summed E-state index contributed by atoms with van der Waals surface area (Å²) in [4.78, 5) is 9.11. The molecule has 134 valence electrons. The van der Waals surface area contributed by atoms with Crippen molar-refractivity contribution in [3.05, 3.63) is 71.8 Å². The first-order valence-corrected chi connectivity index (χ1v) is 8.60. The number of hydrogen-bond acceptors (Lipinski definition) is 5. The number of methoxy groups -OCH3 is 1. The summed E-state index contributed by atoms with van der Waals surface area (Å²) in [6, 6.07) is 19.7. The van der Waals surface area contributed by atoms with Gasteiger partial charge in [0, 0.05) is 5.02 Å². The van der Waals surface area contributed by atoms with Crippen molar-refractivity contribution in [1.29, 1.82) is 0 Å². The molecule has 0 radical (unpaired) electrons. The first kappa shape index (κ1) is 17.1. The van der Waals surface area contributed by atoms with Gasteiger partial charge in [0.25, 0.3) is 0 Å². The van der Waals surface area contributed by atoms with Gasteiger partial charge in [0.15, 0.2) is 17.3 Å². The number of ether oxygens (including phenoxy) is 2. The Bertz CT molecular complexity index is 1110. The predicted octanol–water partition coefficient (Wildman–Crippen LogP) is 5.46. The number of aromatic hydroxyl groups is 1. The van der Waals surface area contributed by atoms with E-state index in [0.29, 0.717) is 39.3 Å². The number of benzene rings is 3. The highest BCUT2D eigenvalue weighted by atomic mass is 35.5. The fraction of sp³-hybridized carbons (Fsp3) is 0.0476. The topological polar surface area (TPSA) is 64.5 Å². The summed E-state index contributed by atoms with van der Waals surface area (Å²) in [5.74, 6) is 1.66. The normalized spacial score (nSPS) is 10.7. The first-order valence-electron chi connectivity index (χ1n) is 8.22. The van der Waals surface area contributed by atoms with Crippen molar-refractivity contribution in [2.24, 2.45) is 0 Å². The molecule has 0 fully saturated rings. The number of hydrogen-bond donors (Lipinski definition) is 1. The van der Waals surface area contributed by atoms with E-state index >= 15 is 0 Å². The molecule has 0 aliphatic heterocycles. The molecule has 1 aromatic heterocycles. The van der Waals surface area contributed by atoms with E-state index in [2.05, 4.69) is 9.97 Å². The highest BCUT2D eigenvalue weighted by Crippen LogP contribution is 2.37.